The maximum absolute atomic E-state index is 13.2. The van der Waals surface area contributed by atoms with E-state index in [-0.39, 0.29) is 5.91 Å². The smallest absolute Gasteiger partial charge is 0.319 e. The molecule has 1 saturated heterocycles. The van der Waals surface area contributed by atoms with Gasteiger partial charge in [0, 0.05) is 11.3 Å². The van der Waals surface area contributed by atoms with Crippen LogP contribution in [0.25, 0.3) is 11.1 Å². The maximum Gasteiger partial charge on any atom is 0.319 e. The molecule has 1 unspecified atom stereocenters. The van der Waals surface area contributed by atoms with E-state index in [4.69, 9.17) is 0 Å². The molecule has 1 fully saturated rings. The Balaban J connectivity index is 2.08. The Morgan fingerprint density at radius 1 is 0.966 bits per heavy atom. The van der Waals surface area contributed by atoms with E-state index in [1.165, 1.54) is 11.8 Å². The van der Waals surface area contributed by atoms with Gasteiger partial charge < -0.3 is 5.11 Å². The molecule has 2 amide bonds. The molecule has 1 aliphatic heterocycles. The quantitative estimate of drug-likeness (QED) is 0.777. The summed E-state index contributed by atoms with van der Waals surface area (Å²) < 4.78 is 0. The van der Waals surface area contributed by atoms with Crippen LogP contribution in [0.3, 0.4) is 0 Å². The second-order valence-corrected chi connectivity index (χ2v) is 8.96. The minimum atomic E-state index is -1.65. The molecule has 152 valence electrons. The first-order valence-electron chi connectivity index (χ1n) is 9.76. The summed E-state index contributed by atoms with van der Waals surface area (Å²) in [5.41, 5.74) is 0.382. The highest BCUT2D eigenvalue weighted by molar-refractivity contribution is 6.11. The molecule has 0 aliphatic carbocycles. The van der Waals surface area contributed by atoms with Crippen molar-refractivity contribution in [3.63, 3.8) is 0 Å². The Morgan fingerprint density at radius 2 is 1.48 bits per heavy atom. The van der Waals surface area contributed by atoms with Gasteiger partial charge in [0.05, 0.1) is 6.04 Å². The van der Waals surface area contributed by atoms with Crippen molar-refractivity contribution in [1.29, 1.82) is 0 Å². The van der Waals surface area contributed by atoms with Crippen LogP contribution in [0.5, 0.6) is 0 Å². The molecule has 29 heavy (non-hydrogen) atoms. The molecule has 0 bridgehead atoms. The van der Waals surface area contributed by atoms with Gasteiger partial charge in [0.25, 0.3) is 0 Å². The first kappa shape index (κ1) is 20.8. The normalized spacial score (nSPS) is 24.6. The molecule has 5 heteroatoms. The van der Waals surface area contributed by atoms with Crippen LogP contribution in [-0.4, -0.2) is 27.8 Å². The van der Waals surface area contributed by atoms with E-state index in [9.17, 15) is 19.5 Å². The van der Waals surface area contributed by atoms with Crippen molar-refractivity contribution >= 4 is 17.8 Å². The summed E-state index contributed by atoms with van der Waals surface area (Å²) in [6, 6.07) is 16.9. The molecule has 1 heterocycles. The summed E-state index contributed by atoms with van der Waals surface area (Å²) in [5, 5.41) is 9.81. The van der Waals surface area contributed by atoms with Crippen LogP contribution in [0.4, 0.5) is 0 Å². The largest absolute Gasteiger partial charge is 0.480 e. The monoisotopic (exact) mass is 393 g/mol. The lowest BCUT2D eigenvalue weighted by Gasteiger charge is -2.31. The topological polar surface area (TPSA) is 74.7 Å². The Hall–Kier alpha value is -2.95. The fourth-order valence-corrected chi connectivity index (χ4v) is 3.92. The number of benzene rings is 2. The Kier molecular flexibility index (Phi) is 5.11. The molecule has 3 atom stereocenters. The summed E-state index contributed by atoms with van der Waals surface area (Å²) in [6.45, 7) is 8.36. The highest BCUT2D eigenvalue weighted by atomic mass is 16.4. The first-order valence-corrected chi connectivity index (χ1v) is 9.76. The molecule has 2 aromatic carbocycles. The van der Waals surface area contributed by atoms with Crippen LogP contribution in [0.2, 0.25) is 0 Å². The molecule has 0 spiro atoms. The maximum atomic E-state index is 13.2. The fraction of sp³-hybridized carbons (Fsp3) is 0.375. The minimum absolute atomic E-state index is 0.364. The zero-order valence-corrected chi connectivity index (χ0v) is 17.5. The summed E-state index contributed by atoms with van der Waals surface area (Å²) in [6.07, 6.45) is 0. The number of imide groups is 1. The zero-order chi connectivity index (χ0) is 21.6. The Bertz CT molecular complexity index is 943. The van der Waals surface area contributed by atoms with Gasteiger partial charge in [0.15, 0.2) is 0 Å². The fourth-order valence-electron chi connectivity index (χ4n) is 3.92. The van der Waals surface area contributed by atoms with Crippen molar-refractivity contribution in [2.75, 3.05) is 0 Å². The summed E-state index contributed by atoms with van der Waals surface area (Å²) in [7, 11) is 0. The second-order valence-electron chi connectivity index (χ2n) is 8.96. The summed E-state index contributed by atoms with van der Waals surface area (Å²) >= 11 is 0. The van der Waals surface area contributed by atoms with Gasteiger partial charge in [-0.2, -0.15) is 0 Å². The molecular weight excluding hydrogens is 366 g/mol. The molecule has 3 rings (SSSR count). The van der Waals surface area contributed by atoms with E-state index in [0.717, 1.165) is 16.7 Å². The Morgan fingerprint density at radius 3 is 1.97 bits per heavy atom. The molecular formula is C24H27NO4. The average Bonchev–Trinajstić information content (AvgIpc) is 2.89. The van der Waals surface area contributed by atoms with E-state index >= 15 is 0 Å². The zero-order valence-electron chi connectivity index (χ0n) is 17.5. The van der Waals surface area contributed by atoms with Crippen LogP contribution >= 0.6 is 0 Å². The van der Waals surface area contributed by atoms with Crippen LogP contribution in [0.1, 0.15) is 46.2 Å². The lowest BCUT2D eigenvalue weighted by Crippen LogP contribution is -2.45. The van der Waals surface area contributed by atoms with Crippen molar-refractivity contribution in [2.45, 2.75) is 40.7 Å². The molecule has 1 N–H and O–H groups in total. The van der Waals surface area contributed by atoms with Crippen molar-refractivity contribution in [1.82, 2.24) is 4.90 Å². The molecule has 0 aromatic heterocycles. The predicted octanol–water partition coefficient (Wildman–Crippen LogP) is 4.54. The average molecular weight is 393 g/mol. The predicted molar refractivity (Wildman–Crippen MR) is 111 cm³/mol. The number of hydrogen-bond donors (Lipinski definition) is 1. The molecule has 0 radical (unpaired) electrons. The van der Waals surface area contributed by atoms with Crippen LogP contribution in [0, 0.1) is 16.7 Å². The number of likely N-dealkylation sites (tertiary alicyclic amines) is 1. The molecule has 5 nitrogen and oxygen atoms in total. The van der Waals surface area contributed by atoms with E-state index in [1.807, 2.05) is 54.6 Å². The van der Waals surface area contributed by atoms with Gasteiger partial charge in [-0.05, 0) is 23.6 Å². The second kappa shape index (κ2) is 7.14. The number of carbonyl (C=O) groups excluding carboxylic acids is 2. The van der Waals surface area contributed by atoms with Crippen LogP contribution < -0.4 is 0 Å². The minimum Gasteiger partial charge on any atom is -0.480 e. The third kappa shape index (κ3) is 3.35. The summed E-state index contributed by atoms with van der Waals surface area (Å²) in [4.78, 5) is 39.5. The van der Waals surface area contributed by atoms with E-state index in [0.29, 0.717) is 0 Å². The number of carboxylic acids is 1. The van der Waals surface area contributed by atoms with Crippen molar-refractivity contribution < 1.29 is 19.5 Å². The number of aliphatic carboxylic acids is 1. The van der Waals surface area contributed by atoms with E-state index in [1.54, 1.807) is 27.7 Å². The van der Waals surface area contributed by atoms with Gasteiger partial charge >= 0.3 is 5.97 Å². The number of amides is 2. The Labute approximate surface area is 171 Å². The molecule has 2 aromatic rings. The van der Waals surface area contributed by atoms with Gasteiger partial charge in [-0.1, -0.05) is 82.3 Å². The lowest BCUT2D eigenvalue weighted by atomic mass is 9.76. The van der Waals surface area contributed by atoms with Gasteiger partial charge in [0.2, 0.25) is 11.8 Å². The van der Waals surface area contributed by atoms with Crippen molar-refractivity contribution in [2.24, 2.45) is 16.7 Å². The first-order chi connectivity index (χ1) is 13.5. The standard InChI is InChI=1S/C24H27NO4/c1-15-19(18-13-11-17(12-14-18)16-9-7-6-8-10-16)25(20(26)23(2,3)4)21(27)24(15,5)22(28)29/h6-15,19H,1-5H3,(H,28,29)/t15?,19-,24+/m1/s1. The molecule has 1 aliphatic rings. The lowest BCUT2D eigenvalue weighted by molar-refractivity contribution is -0.159. The number of carboxylic acid groups (broad SMARTS) is 1. The van der Waals surface area contributed by atoms with Crippen LogP contribution in [0.15, 0.2) is 54.6 Å². The number of nitrogens with zero attached hydrogens (tertiary/aromatic N) is 1. The van der Waals surface area contributed by atoms with Gasteiger partial charge in [-0.25, -0.2) is 0 Å². The third-order valence-corrected chi connectivity index (χ3v) is 5.99. The van der Waals surface area contributed by atoms with E-state index in [2.05, 4.69) is 0 Å². The number of hydrogen-bond acceptors (Lipinski definition) is 3. The van der Waals surface area contributed by atoms with Gasteiger partial charge in [-0.3, -0.25) is 19.3 Å². The van der Waals surface area contributed by atoms with Gasteiger partial charge in [-0.15, -0.1) is 0 Å². The molecule has 0 saturated carbocycles. The SMILES string of the molecule is CC1[C@H](c2ccc(-c3ccccc3)cc2)N(C(=O)C(C)(C)C)C(=O)[C@@]1(C)C(=O)O. The van der Waals surface area contributed by atoms with Gasteiger partial charge in [0.1, 0.15) is 5.41 Å². The third-order valence-electron chi connectivity index (χ3n) is 5.99. The van der Waals surface area contributed by atoms with Crippen molar-refractivity contribution in [3.05, 3.63) is 60.2 Å². The highest BCUT2D eigenvalue weighted by Crippen LogP contribution is 2.50. The number of carbonyl (C=O) groups is 3. The van der Waals surface area contributed by atoms with Crippen molar-refractivity contribution in [3.8, 4) is 11.1 Å². The number of rotatable bonds is 3. The summed E-state index contributed by atoms with van der Waals surface area (Å²) in [5.74, 6) is -2.78. The highest BCUT2D eigenvalue weighted by Gasteiger charge is 2.61. The van der Waals surface area contributed by atoms with Crippen LogP contribution in [-0.2, 0) is 14.4 Å². The van der Waals surface area contributed by atoms with E-state index < -0.39 is 34.7 Å².